The molecule has 1 atom stereocenters. The summed E-state index contributed by atoms with van der Waals surface area (Å²) in [7, 11) is 0. The molecule has 1 aliphatic rings. The number of hydrogen-bond donors (Lipinski definition) is 0. The molecule has 0 N–H and O–H groups in total. The van der Waals surface area contributed by atoms with Gasteiger partial charge in [0.05, 0.1) is 11.3 Å². The fourth-order valence-electron chi connectivity index (χ4n) is 3.58. The Bertz CT molecular complexity index is 928. The molecule has 4 rings (SSSR count). The number of aryl methyl sites for hydroxylation is 2. The largest absolute Gasteiger partial charge is 0.294 e. The standard InChI is InChI=1S/C19H20N4O/c1-3-6-18-21-19-20-11-15-16(23(19)22-18)9-13(10-17(15)24)14-8-5-4-7-12(14)2/h4-5,7-8,11,13H,3,6,9-10H2,1-2H3. The summed E-state index contributed by atoms with van der Waals surface area (Å²) in [6.07, 6.45) is 4.81. The molecule has 0 spiro atoms. The SMILES string of the molecule is CCCc1nc2ncc3c(n2n1)CC(c1ccccc1C)CC3=O. The van der Waals surface area contributed by atoms with E-state index < -0.39 is 0 Å². The maximum Gasteiger partial charge on any atom is 0.252 e. The van der Waals surface area contributed by atoms with E-state index in [0.717, 1.165) is 30.8 Å². The van der Waals surface area contributed by atoms with Crippen LogP contribution in [0.1, 0.15) is 58.7 Å². The molecule has 3 aromatic rings. The number of fused-ring (bicyclic) bond motifs is 3. The first-order chi connectivity index (χ1) is 11.7. The molecule has 1 aliphatic carbocycles. The molecule has 0 radical (unpaired) electrons. The van der Waals surface area contributed by atoms with Crippen LogP contribution in [-0.2, 0) is 12.8 Å². The molecule has 0 fully saturated rings. The van der Waals surface area contributed by atoms with E-state index in [0.29, 0.717) is 17.8 Å². The Morgan fingerprint density at radius 3 is 2.88 bits per heavy atom. The molecule has 0 saturated carbocycles. The molecule has 1 aromatic carbocycles. The third-order valence-electron chi connectivity index (χ3n) is 4.78. The first-order valence-electron chi connectivity index (χ1n) is 8.49. The van der Waals surface area contributed by atoms with Gasteiger partial charge in [-0.15, -0.1) is 5.10 Å². The van der Waals surface area contributed by atoms with E-state index in [9.17, 15) is 4.79 Å². The van der Waals surface area contributed by atoms with E-state index in [1.807, 2.05) is 12.1 Å². The number of benzene rings is 1. The minimum Gasteiger partial charge on any atom is -0.294 e. The van der Waals surface area contributed by atoms with Crippen molar-refractivity contribution in [1.82, 2.24) is 19.6 Å². The van der Waals surface area contributed by atoms with E-state index in [4.69, 9.17) is 0 Å². The summed E-state index contributed by atoms with van der Waals surface area (Å²) in [5.74, 6) is 1.72. The number of aromatic nitrogens is 4. The number of ketones is 1. The van der Waals surface area contributed by atoms with Gasteiger partial charge in [-0.3, -0.25) is 4.79 Å². The van der Waals surface area contributed by atoms with Gasteiger partial charge in [-0.25, -0.2) is 9.50 Å². The Kier molecular flexibility index (Phi) is 3.63. The molecule has 0 amide bonds. The number of carbonyl (C=O) groups is 1. The summed E-state index contributed by atoms with van der Waals surface area (Å²) in [4.78, 5) is 21.5. The zero-order chi connectivity index (χ0) is 16.7. The minimum atomic E-state index is 0.145. The molecule has 2 aromatic heterocycles. The second-order valence-corrected chi connectivity index (χ2v) is 6.49. The van der Waals surface area contributed by atoms with Crippen molar-refractivity contribution in [1.29, 1.82) is 0 Å². The molecule has 122 valence electrons. The van der Waals surface area contributed by atoms with Crippen LogP contribution in [0.3, 0.4) is 0 Å². The van der Waals surface area contributed by atoms with Crippen LogP contribution in [-0.4, -0.2) is 25.4 Å². The van der Waals surface area contributed by atoms with Gasteiger partial charge in [0, 0.05) is 19.0 Å². The van der Waals surface area contributed by atoms with Crippen LogP contribution in [0.25, 0.3) is 5.78 Å². The Morgan fingerprint density at radius 2 is 2.08 bits per heavy atom. The summed E-state index contributed by atoms with van der Waals surface area (Å²) in [5, 5.41) is 4.59. The number of nitrogens with zero attached hydrogens (tertiary/aromatic N) is 4. The van der Waals surface area contributed by atoms with Crippen molar-refractivity contribution < 1.29 is 4.79 Å². The summed E-state index contributed by atoms with van der Waals surface area (Å²) in [6, 6.07) is 8.31. The zero-order valence-electron chi connectivity index (χ0n) is 14.0. The average molecular weight is 320 g/mol. The van der Waals surface area contributed by atoms with Gasteiger partial charge < -0.3 is 0 Å². The lowest BCUT2D eigenvalue weighted by molar-refractivity contribution is 0.0962. The molecule has 24 heavy (non-hydrogen) atoms. The van der Waals surface area contributed by atoms with Crippen LogP contribution in [0, 0.1) is 6.92 Å². The molecule has 0 aliphatic heterocycles. The Labute approximate surface area is 140 Å². The second-order valence-electron chi connectivity index (χ2n) is 6.49. The van der Waals surface area contributed by atoms with E-state index in [2.05, 4.69) is 41.0 Å². The smallest absolute Gasteiger partial charge is 0.252 e. The van der Waals surface area contributed by atoms with Crippen LogP contribution in [0.2, 0.25) is 0 Å². The Morgan fingerprint density at radius 1 is 1.25 bits per heavy atom. The minimum absolute atomic E-state index is 0.145. The van der Waals surface area contributed by atoms with Crippen molar-refractivity contribution in [2.45, 2.75) is 45.4 Å². The highest BCUT2D eigenvalue weighted by atomic mass is 16.1. The summed E-state index contributed by atoms with van der Waals surface area (Å²) >= 11 is 0. The Hall–Kier alpha value is -2.56. The third kappa shape index (κ3) is 2.40. The van der Waals surface area contributed by atoms with Crippen molar-refractivity contribution in [3.63, 3.8) is 0 Å². The van der Waals surface area contributed by atoms with Crippen molar-refractivity contribution in [3.05, 3.63) is 58.7 Å². The number of hydrogen-bond acceptors (Lipinski definition) is 4. The molecule has 0 bridgehead atoms. The number of rotatable bonds is 3. The van der Waals surface area contributed by atoms with E-state index in [1.54, 1.807) is 10.7 Å². The number of Topliss-reactive ketones (excluding diaryl/α,β-unsaturated/α-hetero) is 1. The van der Waals surface area contributed by atoms with E-state index >= 15 is 0 Å². The predicted molar refractivity (Wildman–Crippen MR) is 91.3 cm³/mol. The first kappa shape index (κ1) is 15.0. The van der Waals surface area contributed by atoms with Gasteiger partial charge in [0.25, 0.3) is 5.78 Å². The molecular weight excluding hydrogens is 300 g/mol. The van der Waals surface area contributed by atoms with Gasteiger partial charge in [-0.1, -0.05) is 31.2 Å². The van der Waals surface area contributed by atoms with Crippen LogP contribution in [0.15, 0.2) is 30.5 Å². The van der Waals surface area contributed by atoms with Gasteiger partial charge >= 0.3 is 0 Å². The van der Waals surface area contributed by atoms with Gasteiger partial charge in [-0.2, -0.15) is 4.98 Å². The van der Waals surface area contributed by atoms with Crippen molar-refractivity contribution in [2.75, 3.05) is 0 Å². The van der Waals surface area contributed by atoms with Gasteiger partial charge in [0.15, 0.2) is 11.6 Å². The quantitative estimate of drug-likeness (QED) is 0.743. The van der Waals surface area contributed by atoms with Crippen LogP contribution in [0.5, 0.6) is 0 Å². The maximum atomic E-state index is 12.7. The van der Waals surface area contributed by atoms with Crippen LogP contribution in [0.4, 0.5) is 0 Å². The summed E-state index contributed by atoms with van der Waals surface area (Å²) in [5.41, 5.74) is 4.12. The highest BCUT2D eigenvalue weighted by Crippen LogP contribution is 2.33. The fourth-order valence-corrected chi connectivity index (χ4v) is 3.58. The normalized spacial score (nSPS) is 17.2. The molecule has 0 saturated heterocycles. The molecule has 5 nitrogen and oxygen atoms in total. The highest BCUT2D eigenvalue weighted by Gasteiger charge is 2.30. The summed E-state index contributed by atoms with van der Waals surface area (Å²) in [6.45, 7) is 4.21. The molecular formula is C19H20N4O. The Balaban J connectivity index is 1.81. The molecule has 2 heterocycles. The van der Waals surface area contributed by atoms with Crippen molar-refractivity contribution >= 4 is 11.6 Å². The lowest BCUT2D eigenvalue weighted by Crippen LogP contribution is -2.23. The third-order valence-corrected chi connectivity index (χ3v) is 4.78. The lowest BCUT2D eigenvalue weighted by Gasteiger charge is -2.25. The summed E-state index contributed by atoms with van der Waals surface area (Å²) < 4.78 is 1.78. The van der Waals surface area contributed by atoms with Crippen LogP contribution < -0.4 is 0 Å². The van der Waals surface area contributed by atoms with Gasteiger partial charge in [0.1, 0.15) is 0 Å². The molecule has 5 heteroatoms. The van der Waals surface area contributed by atoms with E-state index in [-0.39, 0.29) is 11.7 Å². The maximum absolute atomic E-state index is 12.7. The fraction of sp³-hybridized carbons (Fsp3) is 0.368. The highest BCUT2D eigenvalue weighted by molar-refractivity contribution is 5.98. The predicted octanol–water partition coefficient (Wildman–Crippen LogP) is 3.30. The topological polar surface area (TPSA) is 60.1 Å². The first-order valence-corrected chi connectivity index (χ1v) is 8.49. The zero-order valence-corrected chi connectivity index (χ0v) is 14.0. The van der Waals surface area contributed by atoms with Gasteiger partial charge in [-0.05, 0) is 36.8 Å². The monoisotopic (exact) mass is 320 g/mol. The van der Waals surface area contributed by atoms with Gasteiger partial charge in [0.2, 0.25) is 0 Å². The second kappa shape index (κ2) is 5.82. The van der Waals surface area contributed by atoms with Crippen molar-refractivity contribution in [3.8, 4) is 0 Å². The lowest BCUT2D eigenvalue weighted by atomic mass is 9.80. The molecule has 1 unspecified atom stereocenters. The average Bonchev–Trinajstić information content (AvgIpc) is 2.98. The number of carbonyl (C=O) groups excluding carboxylic acids is 1. The van der Waals surface area contributed by atoms with Crippen LogP contribution >= 0.6 is 0 Å². The van der Waals surface area contributed by atoms with Crippen molar-refractivity contribution in [2.24, 2.45) is 0 Å². The van der Waals surface area contributed by atoms with E-state index in [1.165, 1.54) is 11.1 Å².